The molecule has 0 aliphatic heterocycles. The molecule has 0 fully saturated rings. The second-order valence-electron chi connectivity index (χ2n) is 10.5. The number of aromatic nitrogens is 1. The van der Waals surface area contributed by atoms with E-state index in [4.69, 9.17) is 4.74 Å². The molecule has 0 spiro atoms. The van der Waals surface area contributed by atoms with Crippen molar-refractivity contribution in [2.45, 2.75) is 45.3 Å². The van der Waals surface area contributed by atoms with Crippen LogP contribution in [0.15, 0.2) is 79.0 Å². The van der Waals surface area contributed by atoms with Gasteiger partial charge in [-0.1, -0.05) is 60.7 Å². The van der Waals surface area contributed by atoms with Gasteiger partial charge in [0.05, 0.1) is 7.11 Å². The number of aromatic amines is 1. The molecule has 4 aromatic rings. The Morgan fingerprint density at radius 3 is 2.66 bits per heavy atom. The van der Waals surface area contributed by atoms with Gasteiger partial charge in [-0.2, -0.15) is 0 Å². The predicted octanol–water partition coefficient (Wildman–Crippen LogP) is 5.91. The summed E-state index contributed by atoms with van der Waals surface area (Å²) in [5.41, 5.74) is 8.54. The molecule has 212 valence electrons. The maximum atomic E-state index is 11.8. The lowest BCUT2D eigenvalue weighted by atomic mass is 10.0. The van der Waals surface area contributed by atoms with Crippen molar-refractivity contribution in [3.63, 3.8) is 0 Å². The van der Waals surface area contributed by atoms with Crippen LogP contribution in [-0.4, -0.2) is 42.1 Å². The van der Waals surface area contributed by atoms with Gasteiger partial charge in [0, 0.05) is 55.4 Å². The summed E-state index contributed by atoms with van der Waals surface area (Å²) in [6.07, 6.45) is 8.44. The Morgan fingerprint density at radius 2 is 1.85 bits per heavy atom. The average molecular weight is 551 g/mol. The molecular weight excluding hydrogens is 512 g/mol. The molecule has 1 heterocycles. The minimum Gasteiger partial charge on any atom is -0.466 e. The first kappa shape index (κ1) is 28.2. The highest BCUT2D eigenvalue weighted by atomic mass is 16.5. The number of carbonyl (C=O) groups is 2. The highest BCUT2D eigenvalue weighted by molar-refractivity contribution is 5.87. The zero-order chi connectivity index (χ0) is 28.6. The van der Waals surface area contributed by atoms with E-state index in [0.717, 1.165) is 43.5 Å². The van der Waals surface area contributed by atoms with Crippen molar-refractivity contribution in [1.82, 2.24) is 20.5 Å². The third-order valence-corrected chi connectivity index (χ3v) is 7.81. The van der Waals surface area contributed by atoms with Gasteiger partial charge in [0.1, 0.15) is 0 Å². The molecular formula is C34H38N4O3. The average Bonchev–Trinajstić information content (AvgIpc) is 3.61. The van der Waals surface area contributed by atoms with Gasteiger partial charge in [-0.05, 0) is 71.7 Å². The number of methoxy groups -OCH3 is 1. The number of carbonyl (C=O) groups excluding carboxylic acids is 2. The largest absolute Gasteiger partial charge is 0.466 e. The molecule has 1 aromatic heterocycles. The number of esters is 1. The number of fused-ring (bicyclic) bond motifs is 2. The van der Waals surface area contributed by atoms with Gasteiger partial charge >= 0.3 is 12.0 Å². The lowest BCUT2D eigenvalue weighted by molar-refractivity contribution is -0.134. The van der Waals surface area contributed by atoms with E-state index in [0.29, 0.717) is 19.1 Å². The number of nitrogens with one attached hydrogen (secondary N) is 3. The molecule has 3 N–H and O–H groups in total. The van der Waals surface area contributed by atoms with Gasteiger partial charge in [0.2, 0.25) is 0 Å². The monoisotopic (exact) mass is 550 g/mol. The summed E-state index contributed by atoms with van der Waals surface area (Å²) < 4.78 is 4.74. The van der Waals surface area contributed by atoms with Gasteiger partial charge in [-0.15, -0.1) is 0 Å². The van der Waals surface area contributed by atoms with Crippen LogP contribution in [0.3, 0.4) is 0 Å². The van der Waals surface area contributed by atoms with Gasteiger partial charge in [-0.3, -0.25) is 4.90 Å². The number of hydrogen-bond acceptors (Lipinski definition) is 4. The van der Waals surface area contributed by atoms with Crippen LogP contribution < -0.4 is 10.6 Å². The fraction of sp³-hybridized carbons (Fsp3) is 0.294. The Bertz CT molecular complexity index is 1520. The van der Waals surface area contributed by atoms with E-state index >= 15 is 0 Å². The molecule has 1 aliphatic rings. The zero-order valence-electron chi connectivity index (χ0n) is 23.8. The third-order valence-electron chi connectivity index (χ3n) is 7.81. The number of benzene rings is 3. The molecule has 2 amide bonds. The van der Waals surface area contributed by atoms with Crippen molar-refractivity contribution in [2.24, 2.45) is 0 Å². The maximum absolute atomic E-state index is 11.8. The first-order chi connectivity index (χ1) is 20.0. The second kappa shape index (κ2) is 13.3. The summed E-state index contributed by atoms with van der Waals surface area (Å²) in [6, 6.07) is 23.7. The van der Waals surface area contributed by atoms with Gasteiger partial charge in [-0.25, -0.2) is 9.59 Å². The number of urea groups is 1. The highest BCUT2D eigenvalue weighted by Crippen LogP contribution is 2.37. The fourth-order valence-electron chi connectivity index (χ4n) is 5.68. The van der Waals surface area contributed by atoms with Crippen LogP contribution in [0.25, 0.3) is 17.0 Å². The number of aryl methyl sites for hydroxylation is 1. The zero-order valence-corrected chi connectivity index (χ0v) is 23.8. The molecule has 1 atom stereocenters. The topological polar surface area (TPSA) is 86.5 Å². The molecule has 0 radical (unpaired) electrons. The minimum atomic E-state index is -0.349. The van der Waals surface area contributed by atoms with Crippen molar-refractivity contribution in [1.29, 1.82) is 0 Å². The van der Waals surface area contributed by atoms with Crippen molar-refractivity contribution >= 4 is 29.0 Å². The number of para-hydroxylation sites is 1. The molecule has 1 unspecified atom stereocenters. The molecule has 5 rings (SSSR count). The van der Waals surface area contributed by atoms with Crippen molar-refractivity contribution < 1.29 is 14.3 Å². The van der Waals surface area contributed by atoms with Crippen LogP contribution in [-0.2, 0) is 35.5 Å². The van der Waals surface area contributed by atoms with E-state index in [2.05, 4.69) is 93.4 Å². The number of hydrogen-bond donors (Lipinski definition) is 3. The smallest absolute Gasteiger partial charge is 0.330 e. The van der Waals surface area contributed by atoms with Crippen molar-refractivity contribution in [3.05, 3.63) is 112 Å². The predicted molar refractivity (Wildman–Crippen MR) is 163 cm³/mol. The third kappa shape index (κ3) is 7.05. The molecule has 0 saturated heterocycles. The molecule has 7 heteroatoms. The standard InChI is InChI=1S/C34H38N4O3/c1-3-35-34(40)37-21-25-8-10-26(11-9-25)23-38(19-18-28-22-36-31-7-5-4-6-29(28)31)32-16-14-27-20-24(12-15-30(27)32)13-17-33(39)41-2/h4-13,15,17,20,22,32,36H,3,14,16,18-19,21,23H2,1-2H3,(H2,35,37,40)/b17-13+. The normalized spacial score (nSPS) is 14.5. The highest BCUT2D eigenvalue weighted by Gasteiger charge is 2.28. The first-order valence-corrected chi connectivity index (χ1v) is 14.3. The molecule has 7 nitrogen and oxygen atoms in total. The van der Waals surface area contributed by atoms with E-state index in [9.17, 15) is 9.59 Å². The van der Waals surface area contributed by atoms with E-state index in [1.165, 1.54) is 46.3 Å². The fourth-order valence-corrected chi connectivity index (χ4v) is 5.68. The van der Waals surface area contributed by atoms with E-state index in [1.54, 1.807) is 0 Å². The maximum Gasteiger partial charge on any atom is 0.330 e. The van der Waals surface area contributed by atoms with E-state index in [-0.39, 0.29) is 12.0 Å². The molecule has 1 aliphatic carbocycles. The minimum absolute atomic E-state index is 0.149. The van der Waals surface area contributed by atoms with E-state index in [1.807, 2.05) is 13.0 Å². The summed E-state index contributed by atoms with van der Waals surface area (Å²) in [5, 5.41) is 6.94. The van der Waals surface area contributed by atoms with Crippen molar-refractivity contribution in [2.75, 3.05) is 20.2 Å². The Kier molecular flexibility index (Phi) is 9.16. The first-order valence-electron chi connectivity index (χ1n) is 14.3. The van der Waals surface area contributed by atoms with Crippen LogP contribution in [0.1, 0.15) is 52.8 Å². The number of nitrogens with zero attached hydrogens (tertiary/aromatic N) is 1. The molecule has 41 heavy (non-hydrogen) atoms. The van der Waals surface area contributed by atoms with Crippen LogP contribution in [0.4, 0.5) is 4.79 Å². The van der Waals surface area contributed by atoms with E-state index < -0.39 is 0 Å². The van der Waals surface area contributed by atoms with Crippen molar-refractivity contribution in [3.8, 4) is 0 Å². The van der Waals surface area contributed by atoms with Crippen LogP contribution in [0.5, 0.6) is 0 Å². The summed E-state index contributed by atoms with van der Waals surface area (Å²) in [7, 11) is 1.39. The lowest BCUT2D eigenvalue weighted by Gasteiger charge is -2.30. The Hall–Kier alpha value is -4.36. The second-order valence-corrected chi connectivity index (χ2v) is 10.5. The Labute approximate surface area is 241 Å². The van der Waals surface area contributed by atoms with Gasteiger partial charge in [0.25, 0.3) is 0 Å². The lowest BCUT2D eigenvalue weighted by Crippen LogP contribution is -2.34. The number of amides is 2. The molecule has 0 bridgehead atoms. The SMILES string of the molecule is CCNC(=O)NCc1ccc(CN(CCc2c[nH]c3ccccc23)C2CCc3cc(/C=C/C(=O)OC)ccc32)cc1. The Morgan fingerprint density at radius 1 is 1.05 bits per heavy atom. The van der Waals surface area contributed by atoms with Crippen LogP contribution in [0.2, 0.25) is 0 Å². The summed E-state index contributed by atoms with van der Waals surface area (Å²) >= 11 is 0. The number of rotatable bonds is 11. The number of H-pyrrole nitrogens is 1. The summed E-state index contributed by atoms with van der Waals surface area (Å²) in [4.78, 5) is 29.3. The molecule has 3 aromatic carbocycles. The molecule has 0 saturated carbocycles. The quantitative estimate of drug-likeness (QED) is 0.160. The summed E-state index contributed by atoms with van der Waals surface area (Å²) in [6.45, 7) is 4.77. The van der Waals surface area contributed by atoms with Crippen LogP contribution in [0, 0.1) is 0 Å². The number of ether oxygens (including phenoxy) is 1. The Balaban J connectivity index is 1.34. The summed E-state index contributed by atoms with van der Waals surface area (Å²) in [5.74, 6) is -0.349. The van der Waals surface area contributed by atoms with Gasteiger partial charge < -0.3 is 20.4 Å². The van der Waals surface area contributed by atoms with Crippen LogP contribution >= 0.6 is 0 Å². The van der Waals surface area contributed by atoms with Gasteiger partial charge in [0.15, 0.2) is 0 Å².